The van der Waals surface area contributed by atoms with Crippen LogP contribution in [0.2, 0.25) is 10.0 Å². The molecule has 1 fully saturated rings. The number of furan rings is 1. The molecule has 0 N–H and O–H groups in total. The highest BCUT2D eigenvalue weighted by molar-refractivity contribution is 8.19. The standard InChI is InChI=1S/C24H13Cl2NO3S/c25-18-10-8-15(12-19(18)26)21-11-9-16(30-21)13-22-23(28)27(24(29)31-22)20-7-3-5-14-4-1-2-6-17(14)20/h1-13H/b22-13-. The molecule has 1 aromatic heterocycles. The molecule has 0 unspecified atom stereocenters. The summed E-state index contributed by atoms with van der Waals surface area (Å²) in [5.41, 5.74) is 1.33. The Morgan fingerprint density at radius 1 is 0.871 bits per heavy atom. The van der Waals surface area contributed by atoms with Crippen LogP contribution >= 0.6 is 35.0 Å². The number of nitrogens with zero attached hydrogens (tertiary/aromatic N) is 1. The number of hydrogen-bond acceptors (Lipinski definition) is 4. The van der Waals surface area contributed by atoms with Gasteiger partial charge in [0.15, 0.2) is 0 Å². The molecule has 7 heteroatoms. The maximum absolute atomic E-state index is 13.1. The van der Waals surface area contributed by atoms with Crippen molar-refractivity contribution in [1.29, 1.82) is 0 Å². The first-order valence-corrected chi connectivity index (χ1v) is 10.9. The molecule has 0 atom stereocenters. The minimum absolute atomic E-state index is 0.299. The highest BCUT2D eigenvalue weighted by Gasteiger charge is 2.37. The predicted molar refractivity (Wildman–Crippen MR) is 127 cm³/mol. The number of halogens is 2. The lowest BCUT2D eigenvalue weighted by molar-refractivity contribution is -0.113. The molecule has 1 aliphatic rings. The van der Waals surface area contributed by atoms with Gasteiger partial charge in [-0.2, -0.15) is 0 Å². The van der Waals surface area contributed by atoms with E-state index in [0.717, 1.165) is 28.1 Å². The number of anilines is 1. The molecular formula is C24H13Cl2NO3S. The van der Waals surface area contributed by atoms with E-state index in [0.29, 0.717) is 32.2 Å². The van der Waals surface area contributed by atoms with E-state index in [1.807, 2.05) is 36.4 Å². The maximum atomic E-state index is 13.1. The van der Waals surface area contributed by atoms with Crippen molar-refractivity contribution in [3.63, 3.8) is 0 Å². The molecule has 5 rings (SSSR count). The van der Waals surface area contributed by atoms with Gasteiger partial charge >= 0.3 is 0 Å². The van der Waals surface area contributed by atoms with Crippen LogP contribution < -0.4 is 4.90 Å². The molecule has 0 aliphatic carbocycles. The molecular weight excluding hydrogens is 453 g/mol. The third-order valence-electron chi connectivity index (χ3n) is 4.91. The number of fused-ring (bicyclic) bond motifs is 1. The highest BCUT2D eigenvalue weighted by atomic mass is 35.5. The topological polar surface area (TPSA) is 50.5 Å². The second kappa shape index (κ2) is 7.93. The minimum atomic E-state index is -0.376. The summed E-state index contributed by atoms with van der Waals surface area (Å²) in [6, 6.07) is 21.9. The summed E-state index contributed by atoms with van der Waals surface area (Å²) in [6.07, 6.45) is 1.58. The largest absolute Gasteiger partial charge is 0.457 e. The highest BCUT2D eigenvalue weighted by Crippen LogP contribution is 2.39. The van der Waals surface area contributed by atoms with Crippen molar-refractivity contribution in [3.05, 3.63) is 93.5 Å². The number of carbonyl (C=O) groups is 2. The van der Waals surface area contributed by atoms with E-state index in [1.54, 1.807) is 42.5 Å². The van der Waals surface area contributed by atoms with Crippen LogP contribution in [0.15, 0.2) is 82.1 Å². The molecule has 0 spiro atoms. The third kappa shape index (κ3) is 3.65. The number of benzene rings is 3. The van der Waals surface area contributed by atoms with Gasteiger partial charge in [0.25, 0.3) is 11.1 Å². The van der Waals surface area contributed by atoms with Gasteiger partial charge in [-0.15, -0.1) is 0 Å². The Hall–Kier alpha value is -2.99. The average molecular weight is 466 g/mol. The number of thioether (sulfide) groups is 1. The van der Waals surface area contributed by atoms with Crippen LogP contribution in [0.5, 0.6) is 0 Å². The fraction of sp³-hybridized carbons (Fsp3) is 0. The lowest BCUT2D eigenvalue weighted by Crippen LogP contribution is -2.27. The Morgan fingerprint density at radius 3 is 2.52 bits per heavy atom. The Morgan fingerprint density at radius 2 is 1.68 bits per heavy atom. The fourth-order valence-electron chi connectivity index (χ4n) is 3.44. The van der Waals surface area contributed by atoms with Crippen LogP contribution in [-0.2, 0) is 4.79 Å². The average Bonchev–Trinajstić information content (AvgIpc) is 3.34. The van der Waals surface area contributed by atoms with E-state index in [4.69, 9.17) is 27.6 Å². The molecule has 31 heavy (non-hydrogen) atoms. The Bertz CT molecular complexity index is 1390. The molecule has 4 nitrogen and oxygen atoms in total. The number of carbonyl (C=O) groups excluding carboxylic acids is 2. The van der Waals surface area contributed by atoms with Gasteiger partial charge in [0, 0.05) is 17.0 Å². The van der Waals surface area contributed by atoms with Crippen LogP contribution in [0.25, 0.3) is 28.2 Å². The van der Waals surface area contributed by atoms with Crippen LogP contribution in [0.1, 0.15) is 5.76 Å². The summed E-state index contributed by atoms with van der Waals surface area (Å²) < 4.78 is 5.85. The van der Waals surface area contributed by atoms with Crippen LogP contribution in [0.3, 0.4) is 0 Å². The van der Waals surface area contributed by atoms with Gasteiger partial charge in [0.1, 0.15) is 11.5 Å². The first-order valence-electron chi connectivity index (χ1n) is 9.32. The van der Waals surface area contributed by atoms with Gasteiger partial charge in [-0.05, 0) is 53.5 Å². The SMILES string of the molecule is O=C1S/C(=C\c2ccc(-c3ccc(Cl)c(Cl)c3)o2)C(=O)N1c1cccc2ccccc12. The van der Waals surface area contributed by atoms with E-state index < -0.39 is 0 Å². The van der Waals surface area contributed by atoms with Gasteiger partial charge in [-0.1, -0.05) is 59.6 Å². The number of amides is 2. The summed E-state index contributed by atoms with van der Waals surface area (Å²) in [6.45, 7) is 0. The molecule has 1 saturated heterocycles. The van der Waals surface area contributed by atoms with Crippen molar-refractivity contribution in [2.24, 2.45) is 0 Å². The van der Waals surface area contributed by atoms with Gasteiger partial charge in [-0.25, -0.2) is 4.90 Å². The van der Waals surface area contributed by atoms with Gasteiger partial charge in [-0.3, -0.25) is 9.59 Å². The van der Waals surface area contributed by atoms with Crippen molar-refractivity contribution < 1.29 is 14.0 Å². The lowest BCUT2D eigenvalue weighted by Gasteiger charge is -2.15. The zero-order chi connectivity index (χ0) is 21.5. The zero-order valence-corrected chi connectivity index (χ0v) is 18.2. The molecule has 152 valence electrons. The summed E-state index contributed by atoms with van der Waals surface area (Å²) in [7, 11) is 0. The van der Waals surface area contributed by atoms with E-state index in [2.05, 4.69) is 0 Å². The molecule has 0 bridgehead atoms. The first-order chi connectivity index (χ1) is 15.0. The van der Waals surface area contributed by atoms with Crippen LogP contribution in [0, 0.1) is 0 Å². The van der Waals surface area contributed by atoms with Gasteiger partial charge < -0.3 is 4.42 Å². The van der Waals surface area contributed by atoms with Gasteiger partial charge in [0.2, 0.25) is 0 Å². The number of imide groups is 1. The van der Waals surface area contributed by atoms with E-state index in [-0.39, 0.29) is 11.1 Å². The second-order valence-corrected chi connectivity index (χ2v) is 8.65. The van der Waals surface area contributed by atoms with E-state index in [1.165, 1.54) is 4.90 Å². The quantitative estimate of drug-likeness (QED) is 0.291. The van der Waals surface area contributed by atoms with Crippen molar-refractivity contribution in [3.8, 4) is 11.3 Å². The van der Waals surface area contributed by atoms with Gasteiger partial charge in [0.05, 0.1) is 20.6 Å². The minimum Gasteiger partial charge on any atom is -0.457 e. The molecule has 0 saturated carbocycles. The summed E-state index contributed by atoms with van der Waals surface area (Å²) >= 11 is 12.9. The summed E-state index contributed by atoms with van der Waals surface area (Å²) in [5.74, 6) is 0.668. The van der Waals surface area contributed by atoms with Crippen molar-refractivity contribution >= 4 is 68.6 Å². The number of rotatable bonds is 3. The third-order valence-corrected chi connectivity index (χ3v) is 6.51. The van der Waals surface area contributed by atoms with Crippen molar-refractivity contribution in [2.45, 2.75) is 0 Å². The summed E-state index contributed by atoms with van der Waals surface area (Å²) in [4.78, 5) is 27.3. The molecule has 3 aromatic carbocycles. The summed E-state index contributed by atoms with van der Waals surface area (Å²) in [5, 5.41) is 2.34. The maximum Gasteiger partial charge on any atom is 0.298 e. The first kappa shape index (κ1) is 19.9. The monoisotopic (exact) mass is 465 g/mol. The lowest BCUT2D eigenvalue weighted by atomic mass is 10.1. The zero-order valence-electron chi connectivity index (χ0n) is 15.8. The molecule has 0 radical (unpaired) electrons. The Kier molecular flexibility index (Phi) is 5.10. The second-order valence-electron chi connectivity index (χ2n) is 6.85. The van der Waals surface area contributed by atoms with E-state index >= 15 is 0 Å². The van der Waals surface area contributed by atoms with Crippen molar-refractivity contribution in [1.82, 2.24) is 0 Å². The van der Waals surface area contributed by atoms with Crippen molar-refractivity contribution in [2.75, 3.05) is 4.90 Å². The fourth-order valence-corrected chi connectivity index (χ4v) is 4.56. The molecule has 1 aliphatic heterocycles. The number of hydrogen-bond donors (Lipinski definition) is 0. The molecule has 2 amide bonds. The van der Waals surface area contributed by atoms with Crippen LogP contribution in [-0.4, -0.2) is 11.1 Å². The molecule has 4 aromatic rings. The normalized spacial score (nSPS) is 15.4. The van der Waals surface area contributed by atoms with E-state index in [9.17, 15) is 9.59 Å². The Balaban J connectivity index is 1.47. The molecule has 2 heterocycles. The predicted octanol–water partition coefficient (Wildman–Crippen LogP) is 7.65. The smallest absolute Gasteiger partial charge is 0.298 e. The van der Waals surface area contributed by atoms with Crippen LogP contribution in [0.4, 0.5) is 10.5 Å². The Labute approximate surface area is 192 Å².